The van der Waals surface area contributed by atoms with Crippen molar-refractivity contribution in [3.8, 4) is 11.6 Å². The molecule has 0 spiro atoms. The van der Waals surface area contributed by atoms with E-state index in [1.807, 2.05) is 18.2 Å². The molecule has 1 aromatic carbocycles. The Kier molecular flexibility index (Phi) is 4.85. The Balaban J connectivity index is 1.79. The fourth-order valence-corrected chi connectivity index (χ4v) is 2.87. The van der Waals surface area contributed by atoms with Gasteiger partial charge in [0, 0.05) is 26.2 Å². The summed E-state index contributed by atoms with van der Waals surface area (Å²) in [6.07, 6.45) is 1.52. The van der Waals surface area contributed by atoms with Crippen molar-refractivity contribution in [3.63, 3.8) is 0 Å². The molecule has 6 heteroatoms. The minimum Gasteiger partial charge on any atom is -0.437 e. The first-order valence-corrected chi connectivity index (χ1v) is 8.41. The van der Waals surface area contributed by atoms with Crippen LogP contribution in [0.4, 0.5) is 11.5 Å². The summed E-state index contributed by atoms with van der Waals surface area (Å²) in [6.45, 7) is 11.3. The molecule has 1 aromatic heterocycles. The van der Waals surface area contributed by atoms with Crippen molar-refractivity contribution in [1.29, 1.82) is 0 Å². The van der Waals surface area contributed by atoms with Crippen molar-refractivity contribution < 1.29 is 4.74 Å². The molecule has 0 aliphatic carbocycles. The second kappa shape index (κ2) is 7.05. The maximum Gasteiger partial charge on any atom is 0.248 e. The largest absolute Gasteiger partial charge is 0.437 e. The van der Waals surface area contributed by atoms with E-state index in [0.29, 0.717) is 11.6 Å². The van der Waals surface area contributed by atoms with E-state index < -0.39 is 0 Å². The number of anilines is 2. The van der Waals surface area contributed by atoms with E-state index in [1.54, 1.807) is 0 Å². The third-order valence-electron chi connectivity index (χ3n) is 4.64. The molecule has 1 fully saturated rings. The Hall–Kier alpha value is -2.34. The highest BCUT2D eigenvalue weighted by atomic mass is 16.5. The van der Waals surface area contributed by atoms with E-state index in [-0.39, 0.29) is 0 Å². The number of aryl methyl sites for hydroxylation is 2. The number of likely N-dealkylation sites (N-methyl/N-ethyl adjacent to an activating group) is 1. The van der Waals surface area contributed by atoms with Crippen LogP contribution >= 0.6 is 0 Å². The van der Waals surface area contributed by atoms with Crippen molar-refractivity contribution in [3.05, 3.63) is 35.7 Å². The van der Waals surface area contributed by atoms with Crippen LogP contribution in [-0.4, -0.2) is 47.6 Å². The summed E-state index contributed by atoms with van der Waals surface area (Å²) in [6, 6.07) is 5.97. The number of benzene rings is 1. The summed E-state index contributed by atoms with van der Waals surface area (Å²) in [5.41, 5.74) is 9.20. The van der Waals surface area contributed by atoms with Gasteiger partial charge < -0.3 is 20.3 Å². The summed E-state index contributed by atoms with van der Waals surface area (Å²) in [4.78, 5) is 13.2. The number of ether oxygens (including phenoxy) is 1. The standard InChI is InChI=1S/C18H25N5O/c1-4-22-7-9-23(10-8-22)17-16(19)18(21-12-20-17)24-15-6-5-13(2)14(3)11-15/h5-6,11-12H,4,7-10,19H2,1-3H3. The van der Waals surface area contributed by atoms with E-state index in [4.69, 9.17) is 10.5 Å². The Bertz CT molecular complexity index is 711. The molecule has 0 unspecified atom stereocenters. The molecular formula is C18H25N5O. The van der Waals surface area contributed by atoms with Gasteiger partial charge in [-0.15, -0.1) is 0 Å². The Morgan fingerprint density at radius 1 is 1.08 bits per heavy atom. The molecule has 128 valence electrons. The van der Waals surface area contributed by atoms with Gasteiger partial charge in [-0.2, -0.15) is 4.98 Å². The van der Waals surface area contributed by atoms with Gasteiger partial charge in [0.1, 0.15) is 17.8 Å². The van der Waals surface area contributed by atoms with Crippen LogP contribution in [0.2, 0.25) is 0 Å². The number of hydrogen-bond donors (Lipinski definition) is 1. The molecule has 0 saturated carbocycles. The third kappa shape index (κ3) is 3.43. The van der Waals surface area contributed by atoms with E-state index >= 15 is 0 Å². The van der Waals surface area contributed by atoms with E-state index in [0.717, 1.165) is 44.3 Å². The summed E-state index contributed by atoms with van der Waals surface area (Å²) in [5, 5.41) is 0. The summed E-state index contributed by atoms with van der Waals surface area (Å²) in [7, 11) is 0. The Labute approximate surface area is 143 Å². The van der Waals surface area contributed by atoms with Crippen molar-refractivity contribution in [2.45, 2.75) is 20.8 Å². The van der Waals surface area contributed by atoms with Crippen LogP contribution in [0.25, 0.3) is 0 Å². The van der Waals surface area contributed by atoms with E-state index in [9.17, 15) is 0 Å². The topological polar surface area (TPSA) is 67.5 Å². The van der Waals surface area contributed by atoms with Crippen LogP contribution in [0, 0.1) is 13.8 Å². The number of nitrogens with two attached hydrogens (primary N) is 1. The SMILES string of the molecule is CCN1CCN(c2ncnc(Oc3ccc(C)c(C)c3)c2N)CC1. The quantitative estimate of drug-likeness (QED) is 0.931. The van der Waals surface area contributed by atoms with Crippen LogP contribution in [0.3, 0.4) is 0 Å². The first-order valence-electron chi connectivity index (χ1n) is 8.41. The predicted molar refractivity (Wildman–Crippen MR) is 96.8 cm³/mol. The number of nitrogen functional groups attached to an aromatic ring is 1. The van der Waals surface area contributed by atoms with Gasteiger partial charge in [0.05, 0.1) is 0 Å². The predicted octanol–water partition coefficient (Wildman–Crippen LogP) is 2.61. The maximum absolute atomic E-state index is 6.29. The molecule has 6 nitrogen and oxygen atoms in total. The second-order valence-electron chi connectivity index (χ2n) is 6.19. The Morgan fingerprint density at radius 3 is 2.50 bits per heavy atom. The lowest BCUT2D eigenvalue weighted by Gasteiger charge is -2.35. The minimum absolute atomic E-state index is 0.418. The van der Waals surface area contributed by atoms with E-state index in [2.05, 4.69) is 40.5 Å². The van der Waals surface area contributed by atoms with Crippen LogP contribution in [0.5, 0.6) is 11.6 Å². The van der Waals surface area contributed by atoms with Gasteiger partial charge in [-0.25, -0.2) is 4.98 Å². The first-order chi connectivity index (χ1) is 11.6. The fourth-order valence-electron chi connectivity index (χ4n) is 2.87. The molecule has 0 atom stereocenters. The molecule has 0 amide bonds. The molecule has 24 heavy (non-hydrogen) atoms. The van der Waals surface area contributed by atoms with Crippen molar-refractivity contribution in [1.82, 2.24) is 14.9 Å². The number of nitrogens with zero attached hydrogens (tertiary/aromatic N) is 4. The zero-order valence-corrected chi connectivity index (χ0v) is 14.6. The number of rotatable bonds is 4. The van der Waals surface area contributed by atoms with Crippen LogP contribution in [-0.2, 0) is 0 Å². The molecule has 2 N–H and O–H groups in total. The second-order valence-corrected chi connectivity index (χ2v) is 6.19. The highest BCUT2D eigenvalue weighted by molar-refractivity contribution is 5.68. The molecule has 1 aliphatic heterocycles. The molecular weight excluding hydrogens is 302 g/mol. The van der Waals surface area contributed by atoms with Gasteiger partial charge >= 0.3 is 0 Å². The van der Waals surface area contributed by atoms with Crippen molar-refractivity contribution in [2.24, 2.45) is 0 Å². The lowest BCUT2D eigenvalue weighted by molar-refractivity contribution is 0.270. The van der Waals surface area contributed by atoms with Gasteiger partial charge in [0.15, 0.2) is 5.82 Å². The number of aromatic nitrogens is 2. The zero-order chi connectivity index (χ0) is 17.1. The van der Waals surface area contributed by atoms with Crippen LogP contribution in [0.15, 0.2) is 24.5 Å². The van der Waals surface area contributed by atoms with Gasteiger partial charge in [-0.05, 0) is 43.7 Å². The van der Waals surface area contributed by atoms with Gasteiger partial charge in [-0.1, -0.05) is 13.0 Å². The van der Waals surface area contributed by atoms with Crippen LogP contribution in [0.1, 0.15) is 18.1 Å². The monoisotopic (exact) mass is 327 g/mol. The molecule has 0 radical (unpaired) electrons. The highest BCUT2D eigenvalue weighted by Crippen LogP contribution is 2.32. The lowest BCUT2D eigenvalue weighted by Crippen LogP contribution is -2.46. The lowest BCUT2D eigenvalue weighted by atomic mass is 10.1. The fraction of sp³-hybridized carbons (Fsp3) is 0.444. The number of hydrogen-bond acceptors (Lipinski definition) is 6. The molecule has 2 heterocycles. The molecule has 0 bridgehead atoms. The van der Waals surface area contributed by atoms with Crippen molar-refractivity contribution in [2.75, 3.05) is 43.4 Å². The normalized spacial score (nSPS) is 15.5. The average Bonchev–Trinajstić information content (AvgIpc) is 2.60. The van der Waals surface area contributed by atoms with Crippen molar-refractivity contribution >= 4 is 11.5 Å². The Morgan fingerprint density at radius 2 is 1.83 bits per heavy atom. The zero-order valence-electron chi connectivity index (χ0n) is 14.6. The average molecular weight is 327 g/mol. The summed E-state index contributed by atoms with van der Waals surface area (Å²) in [5.74, 6) is 1.92. The third-order valence-corrected chi connectivity index (χ3v) is 4.64. The molecule has 2 aromatic rings. The van der Waals surface area contributed by atoms with Gasteiger partial charge in [0.25, 0.3) is 0 Å². The highest BCUT2D eigenvalue weighted by Gasteiger charge is 2.21. The maximum atomic E-state index is 6.29. The van der Waals surface area contributed by atoms with Gasteiger partial charge in [-0.3, -0.25) is 0 Å². The smallest absolute Gasteiger partial charge is 0.248 e. The van der Waals surface area contributed by atoms with Gasteiger partial charge in [0.2, 0.25) is 5.88 Å². The van der Waals surface area contributed by atoms with E-state index in [1.165, 1.54) is 17.5 Å². The summed E-state index contributed by atoms with van der Waals surface area (Å²) >= 11 is 0. The minimum atomic E-state index is 0.418. The first kappa shape index (κ1) is 16.5. The molecule has 1 aliphatic rings. The molecule has 1 saturated heterocycles. The summed E-state index contributed by atoms with van der Waals surface area (Å²) < 4.78 is 5.91. The van der Waals surface area contributed by atoms with Crippen LogP contribution < -0.4 is 15.4 Å². The number of piperazine rings is 1. The molecule has 3 rings (SSSR count).